The predicted molar refractivity (Wildman–Crippen MR) is 166 cm³/mol. The van der Waals surface area contributed by atoms with Gasteiger partial charge in [-0.1, -0.05) is 83.9 Å². The fraction of sp³-hybridized carbons (Fsp3) is 0.125. The molecule has 4 aromatic carbocycles. The predicted octanol–water partition coefficient (Wildman–Crippen LogP) is 7.45. The van der Waals surface area contributed by atoms with Crippen molar-refractivity contribution < 1.29 is 14.3 Å². The van der Waals surface area contributed by atoms with Gasteiger partial charge < -0.3 is 9.47 Å². The molecule has 9 heteroatoms. The van der Waals surface area contributed by atoms with Crippen LogP contribution in [0.1, 0.15) is 29.2 Å². The minimum absolute atomic E-state index is 0.0556. The summed E-state index contributed by atoms with van der Waals surface area (Å²) in [5.74, 6) is 0.291. The summed E-state index contributed by atoms with van der Waals surface area (Å²) in [5, 5.41) is 18.3. The highest BCUT2D eigenvalue weighted by Gasteiger charge is 2.36. The number of hydrazone groups is 1. The topological polar surface area (TPSA) is 87.3 Å². The van der Waals surface area contributed by atoms with Crippen LogP contribution in [-0.2, 0) is 11.4 Å². The maximum atomic E-state index is 13.0. The zero-order valence-electron chi connectivity index (χ0n) is 22.3. The molecule has 4 aromatic rings. The van der Waals surface area contributed by atoms with Gasteiger partial charge in [-0.3, -0.25) is 10.2 Å². The number of hydrogen-bond donors (Lipinski definition) is 1. The number of thioether (sulfide) groups is 1. The summed E-state index contributed by atoms with van der Waals surface area (Å²) in [6.45, 7) is 4.58. The van der Waals surface area contributed by atoms with Gasteiger partial charge in [0.15, 0.2) is 17.3 Å². The van der Waals surface area contributed by atoms with Crippen LogP contribution < -0.4 is 9.47 Å². The standard InChI is InChI=1S/C32H25ClN4O3S/c1-3-39-27-17-20(16-26(33)28(27)40-18-23-9-6-8-21-7-4-5-10-24(21)23)15-25-29(34)37-32(35-30(25)38)41-31(36-37)22-13-11-19(2)12-14-22/h4-17,34H,3,18H2,1-2H3/b25-15+,34-29?. The molecule has 2 aliphatic rings. The first-order chi connectivity index (χ1) is 19.9. The molecule has 6 rings (SSSR count). The Labute approximate surface area is 246 Å². The van der Waals surface area contributed by atoms with Gasteiger partial charge in [0.25, 0.3) is 5.91 Å². The molecule has 1 amide bonds. The molecule has 0 fully saturated rings. The van der Waals surface area contributed by atoms with Crippen LogP contribution in [0, 0.1) is 12.3 Å². The maximum absolute atomic E-state index is 13.0. The maximum Gasteiger partial charge on any atom is 0.283 e. The van der Waals surface area contributed by atoms with E-state index in [2.05, 4.69) is 28.3 Å². The normalized spacial score (nSPS) is 15.7. The van der Waals surface area contributed by atoms with Crippen LogP contribution in [0.25, 0.3) is 16.8 Å². The summed E-state index contributed by atoms with van der Waals surface area (Å²) < 4.78 is 12.1. The Morgan fingerprint density at radius 3 is 2.61 bits per heavy atom. The Morgan fingerprint density at radius 1 is 1.02 bits per heavy atom. The van der Waals surface area contributed by atoms with Crippen molar-refractivity contribution in [3.05, 3.63) is 112 Å². The van der Waals surface area contributed by atoms with Crippen LogP contribution in [0.15, 0.2) is 94.5 Å². The molecule has 0 saturated carbocycles. The third-order valence-electron chi connectivity index (χ3n) is 6.65. The number of carbonyl (C=O) groups is 1. The summed E-state index contributed by atoms with van der Waals surface area (Å²) in [6, 6.07) is 25.6. The van der Waals surface area contributed by atoms with E-state index in [0.717, 1.165) is 27.5 Å². The van der Waals surface area contributed by atoms with Crippen LogP contribution in [0.2, 0.25) is 5.02 Å². The van der Waals surface area contributed by atoms with Crippen molar-refractivity contribution in [1.82, 2.24) is 5.01 Å². The number of hydrogen-bond acceptors (Lipinski definition) is 6. The fourth-order valence-corrected chi connectivity index (χ4v) is 5.78. The molecule has 0 bridgehead atoms. The van der Waals surface area contributed by atoms with E-state index in [1.54, 1.807) is 18.2 Å². The summed E-state index contributed by atoms with van der Waals surface area (Å²) >= 11 is 7.96. The van der Waals surface area contributed by atoms with Crippen molar-refractivity contribution in [2.24, 2.45) is 10.1 Å². The molecule has 7 nitrogen and oxygen atoms in total. The monoisotopic (exact) mass is 580 g/mol. The second-order valence-corrected chi connectivity index (χ2v) is 10.8. The minimum Gasteiger partial charge on any atom is -0.490 e. The molecule has 0 atom stereocenters. The molecule has 1 N–H and O–H groups in total. The van der Waals surface area contributed by atoms with Gasteiger partial charge >= 0.3 is 0 Å². The van der Waals surface area contributed by atoms with Gasteiger partial charge in [-0.05, 0) is 65.7 Å². The van der Waals surface area contributed by atoms with Crippen LogP contribution in [0.5, 0.6) is 11.5 Å². The van der Waals surface area contributed by atoms with Crippen LogP contribution in [0.4, 0.5) is 0 Å². The number of fused-ring (bicyclic) bond motifs is 2. The van der Waals surface area contributed by atoms with Crippen molar-refractivity contribution in [3.8, 4) is 11.5 Å². The number of amidine groups is 2. The number of carbonyl (C=O) groups excluding carboxylic acids is 1. The largest absolute Gasteiger partial charge is 0.490 e. The molecular formula is C32H25ClN4O3S. The van der Waals surface area contributed by atoms with E-state index in [-0.39, 0.29) is 11.4 Å². The van der Waals surface area contributed by atoms with Crippen molar-refractivity contribution in [2.75, 3.05) is 6.61 Å². The average Bonchev–Trinajstić information content (AvgIpc) is 3.39. The van der Waals surface area contributed by atoms with E-state index >= 15 is 0 Å². The lowest BCUT2D eigenvalue weighted by Gasteiger charge is -2.20. The molecule has 0 saturated heterocycles. The minimum atomic E-state index is -0.514. The lowest BCUT2D eigenvalue weighted by molar-refractivity contribution is -0.114. The molecule has 204 valence electrons. The van der Waals surface area contributed by atoms with Gasteiger partial charge in [-0.25, -0.2) is 0 Å². The number of nitrogens with zero attached hydrogens (tertiary/aromatic N) is 3. The molecule has 0 aliphatic carbocycles. The summed E-state index contributed by atoms with van der Waals surface area (Å²) in [5.41, 5.74) is 3.74. The highest BCUT2D eigenvalue weighted by atomic mass is 35.5. The van der Waals surface area contributed by atoms with Gasteiger partial charge in [-0.15, -0.1) is 0 Å². The Kier molecular flexibility index (Phi) is 7.34. The van der Waals surface area contributed by atoms with Gasteiger partial charge in [-0.2, -0.15) is 15.1 Å². The number of amides is 1. The Hall–Kier alpha value is -4.40. The number of halogens is 1. The van der Waals surface area contributed by atoms with Gasteiger partial charge in [0.2, 0.25) is 5.17 Å². The first kappa shape index (κ1) is 26.8. The molecular weight excluding hydrogens is 556 g/mol. The molecule has 2 heterocycles. The number of aryl methyl sites for hydroxylation is 1. The smallest absolute Gasteiger partial charge is 0.283 e. The van der Waals surface area contributed by atoms with E-state index in [1.165, 1.54) is 16.8 Å². The van der Waals surface area contributed by atoms with E-state index in [0.29, 0.717) is 45.5 Å². The van der Waals surface area contributed by atoms with Crippen LogP contribution in [-0.4, -0.2) is 33.6 Å². The van der Waals surface area contributed by atoms with E-state index in [1.807, 2.05) is 62.4 Å². The number of nitrogens with one attached hydrogen (secondary N) is 1. The summed E-state index contributed by atoms with van der Waals surface area (Å²) in [6.07, 6.45) is 1.58. The quantitative estimate of drug-likeness (QED) is 0.229. The number of benzene rings is 4. The van der Waals surface area contributed by atoms with E-state index < -0.39 is 5.91 Å². The van der Waals surface area contributed by atoms with Gasteiger partial charge in [0.1, 0.15) is 11.7 Å². The average molecular weight is 581 g/mol. The highest BCUT2D eigenvalue weighted by Crippen LogP contribution is 2.39. The van der Waals surface area contributed by atoms with E-state index in [4.69, 9.17) is 26.5 Å². The summed E-state index contributed by atoms with van der Waals surface area (Å²) in [4.78, 5) is 17.2. The molecule has 0 radical (unpaired) electrons. The number of rotatable bonds is 7. The first-order valence-corrected chi connectivity index (χ1v) is 14.2. The Bertz CT molecular complexity index is 1790. The fourth-order valence-electron chi connectivity index (χ4n) is 4.61. The lowest BCUT2D eigenvalue weighted by Crippen LogP contribution is -2.35. The molecule has 2 aliphatic heterocycles. The summed E-state index contributed by atoms with van der Waals surface area (Å²) in [7, 11) is 0. The second kappa shape index (κ2) is 11.2. The molecule has 41 heavy (non-hydrogen) atoms. The van der Waals surface area contributed by atoms with Crippen molar-refractivity contribution in [3.63, 3.8) is 0 Å². The third kappa shape index (κ3) is 5.36. The molecule has 0 unspecified atom stereocenters. The van der Waals surface area contributed by atoms with Crippen LogP contribution >= 0.6 is 23.4 Å². The van der Waals surface area contributed by atoms with E-state index in [9.17, 15) is 4.79 Å². The zero-order valence-corrected chi connectivity index (χ0v) is 23.9. The highest BCUT2D eigenvalue weighted by molar-refractivity contribution is 8.27. The number of ether oxygens (including phenoxy) is 2. The number of aliphatic imine (C=N–C) groups is 1. The Balaban J connectivity index is 1.28. The Morgan fingerprint density at radius 2 is 1.80 bits per heavy atom. The third-order valence-corrected chi connectivity index (χ3v) is 7.89. The zero-order chi connectivity index (χ0) is 28.5. The van der Waals surface area contributed by atoms with Gasteiger partial charge in [0, 0.05) is 5.56 Å². The van der Waals surface area contributed by atoms with Crippen molar-refractivity contribution in [1.29, 1.82) is 5.41 Å². The van der Waals surface area contributed by atoms with Crippen LogP contribution in [0.3, 0.4) is 0 Å². The first-order valence-electron chi connectivity index (χ1n) is 13.0. The SMILES string of the molecule is CCOc1cc(/C=C2\C(=N)N3N=C(c4ccc(C)cc4)SC3=NC2=O)cc(Cl)c1OCc1cccc2ccccc12. The van der Waals surface area contributed by atoms with Crippen molar-refractivity contribution >= 4 is 62.2 Å². The van der Waals surface area contributed by atoms with Gasteiger partial charge in [0.05, 0.1) is 17.2 Å². The second-order valence-electron chi connectivity index (χ2n) is 9.48. The molecule has 0 spiro atoms. The lowest BCUT2D eigenvalue weighted by atomic mass is 10.1. The molecule has 0 aromatic heterocycles. The van der Waals surface area contributed by atoms with Crippen molar-refractivity contribution in [2.45, 2.75) is 20.5 Å².